The zero-order valence-corrected chi connectivity index (χ0v) is 11.3. The molecule has 0 bridgehead atoms. The third kappa shape index (κ3) is 2.48. The summed E-state index contributed by atoms with van der Waals surface area (Å²) in [7, 11) is 0. The first-order valence-electron chi connectivity index (χ1n) is 6.08. The molecule has 0 saturated heterocycles. The molecule has 0 radical (unpaired) electrons. The van der Waals surface area contributed by atoms with Crippen LogP contribution >= 0.6 is 11.6 Å². The Balaban J connectivity index is 1.89. The van der Waals surface area contributed by atoms with Crippen molar-refractivity contribution in [3.05, 3.63) is 53.6 Å². The van der Waals surface area contributed by atoms with Crippen molar-refractivity contribution < 1.29 is 0 Å². The summed E-state index contributed by atoms with van der Waals surface area (Å²) >= 11 is 5.76. The van der Waals surface area contributed by atoms with Gasteiger partial charge in [-0.3, -0.25) is 4.98 Å². The van der Waals surface area contributed by atoms with E-state index < -0.39 is 0 Å². The number of hydrogen-bond donors (Lipinski definition) is 2. The molecule has 0 amide bonds. The largest absolute Gasteiger partial charge is 0.394 e. The topological polar surface area (TPSA) is 76.7 Å². The van der Waals surface area contributed by atoms with Crippen molar-refractivity contribution in [1.29, 1.82) is 0 Å². The molecule has 1 aromatic carbocycles. The number of halogens is 1. The highest BCUT2D eigenvalue weighted by molar-refractivity contribution is 6.28. The van der Waals surface area contributed by atoms with Crippen molar-refractivity contribution in [3.8, 4) is 0 Å². The number of hydrogen-bond acceptors (Lipinski definition) is 5. The highest BCUT2D eigenvalue weighted by atomic mass is 35.5. The molecule has 5 nitrogen and oxygen atoms in total. The molecular formula is C14H12ClN5. The molecule has 0 unspecified atom stereocenters. The van der Waals surface area contributed by atoms with Crippen molar-refractivity contribution in [2.24, 2.45) is 0 Å². The molecule has 0 saturated carbocycles. The van der Waals surface area contributed by atoms with E-state index in [0.29, 0.717) is 18.1 Å². The highest BCUT2D eigenvalue weighted by Gasteiger charge is 2.05. The van der Waals surface area contributed by atoms with Gasteiger partial charge in [-0.15, -0.1) is 0 Å². The van der Waals surface area contributed by atoms with Crippen LogP contribution < -0.4 is 11.1 Å². The molecule has 3 rings (SSSR count). The molecule has 0 aliphatic carbocycles. The van der Waals surface area contributed by atoms with Gasteiger partial charge in [0, 0.05) is 18.1 Å². The van der Waals surface area contributed by atoms with Gasteiger partial charge in [0.25, 0.3) is 0 Å². The maximum Gasteiger partial charge on any atom is 0.224 e. The van der Waals surface area contributed by atoms with Crippen LogP contribution in [0.15, 0.2) is 42.7 Å². The molecule has 6 heteroatoms. The number of aromatic nitrogens is 3. The van der Waals surface area contributed by atoms with Crippen LogP contribution in [0.4, 0.5) is 11.5 Å². The van der Waals surface area contributed by atoms with Gasteiger partial charge >= 0.3 is 0 Å². The van der Waals surface area contributed by atoms with Crippen LogP contribution in [0, 0.1) is 0 Å². The third-order valence-corrected chi connectivity index (χ3v) is 3.13. The summed E-state index contributed by atoms with van der Waals surface area (Å²) in [6.07, 6.45) is 3.26. The number of nitrogens with zero attached hydrogens (tertiary/aromatic N) is 3. The number of anilines is 2. The Hall–Kier alpha value is -2.40. The number of para-hydroxylation sites is 1. The molecule has 3 N–H and O–H groups in total. The van der Waals surface area contributed by atoms with Crippen LogP contribution in [0.25, 0.3) is 10.9 Å². The van der Waals surface area contributed by atoms with E-state index in [0.717, 1.165) is 16.5 Å². The van der Waals surface area contributed by atoms with E-state index in [4.69, 9.17) is 17.3 Å². The van der Waals surface area contributed by atoms with Crippen LogP contribution in [0.3, 0.4) is 0 Å². The summed E-state index contributed by atoms with van der Waals surface area (Å²) in [5.41, 5.74) is 8.29. The summed E-state index contributed by atoms with van der Waals surface area (Å²) in [6.45, 7) is 0.561. The fourth-order valence-electron chi connectivity index (χ4n) is 2.00. The van der Waals surface area contributed by atoms with Crippen LogP contribution in [-0.2, 0) is 6.54 Å². The van der Waals surface area contributed by atoms with Gasteiger partial charge in [-0.05, 0) is 23.2 Å². The smallest absolute Gasteiger partial charge is 0.224 e. The number of nitrogens with one attached hydrogen (secondary N) is 1. The highest BCUT2D eigenvalue weighted by Crippen LogP contribution is 2.20. The molecule has 100 valence electrons. The Bertz CT molecular complexity index is 754. The van der Waals surface area contributed by atoms with E-state index in [2.05, 4.69) is 20.3 Å². The van der Waals surface area contributed by atoms with Gasteiger partial charge < -0.3 is 11.1 Å². The Labute approximate surface area is 120 Å². The fraction of sp³-hybridized carbons (Fsp3) is 0.0714. The number of rotatable bonds is 3. The Kier molecular flexibility index (Phi) is 3.35. The minimum absolute atomic E-state index is 0.165. The summed E-state index contributed by atoms with van der Waals surface area (Å²) in [5.74, 6) is 0.526. The Morgan fingerprint density at radius 1 is 1.15 bits per heavy atom. The monoisotopic (exact) mass is 285 g/mol. The molecule has 0 aliphatic heterocycles. The predicted molar refractivity (Wildman–Crippen MR) is 80.5 cm³/mol. The number of pyridine rings is 1. The van der Waals surface area contributed by atoms with E-state index in [-0.39, 0.29) is 5.28 Å². The summed E-state index contributed by atoms with van der Waals surface area (Å²) in [4.78, 5) is 12.3. The molecule has 3 aromatic rings. The zero-order valence-electron chi connectivity index (χ0n) is 10.5. The molecule has 0 spiro atoms. The lowest BCUT2D eigenvalue weighted by atomic mass is 10.1. The van der Waals surface area contributed by atoms with Crippen LogP contribution in [0.5, 0.6) is 0 Å². The first-order chi connectivity index (χ1) is 9.74. The third-order valence-electron chi connectivity index (χ3n) is 2.95. The van der Waals surface area contributed by atoms with E-state index in [1.54, 1.807) is 6.20 Å². The lowest BCUT2D eigenvalue weighted by Gasteiger charge is -2.09. The summed E-state index contributed by atoms with van der Waals surface area (Å²) < 4.78 is 0. The minimum Gasteiger partial charge on any atom is -0.394 e. The SMILES string of the molecule is Nc1cnc(Cl)nc1NCc1cccc2cccnc12. The number of benzene rings is 1. The molecule has 2 aromatic heterocycles. The molecule has 2 heterocycles. The summed E-state index contributed by atoms with van der Waals surface area (Å²) in [5, 5.41) is 4.42. The van der Waals surface area contributed by atoms with Crippen molar-refractivity contribution in [3.63, 3.8) is 0 Å². The van der Waals surface area contributed by atoms with Gasteiger partial charge in [0.05, 0.1) is 17.4 Å². The van der Waals surface area contributed by atoms with Gasteiger partial charge in [-0.2, -0.15) is 4.98 Å². The van der Waals surface area contributed by atoms with Crippen LogP contribution in [0.1, 0.15) is 5.56 Å². The molecule has 0 fully saturated rings. The Morgan fingerprint density at radius 2 is 2.00 bits per heavy atom. The van der Waals surface area contributed by atoms with E-state index in [9.17, 15) is 0 Å². The Morgan fingerprint density at radius 3 is 2.90 bits per heavy atom. The average Bonchev–Trinajstić information content (AvgIpc) is 2.48. The van der Waals surface area contributed by atoms with E-state index in [1.165, 1.54) is 6.20 Å². The first kappa shape index (κ1) is 12.6. The molecular weight excluding hydrogens is 274 g/mol. The number of fused-ring (bicyclic) bond motifs is 1. The van der Waals surface area contributed by atoms with Crippen LogP contribution in [0.2, 0.25) is 5.28 Å². The second-order valence-corrected chi connectivity index (χ2v) is 4.63. The molecule has 20 heavy (non-hydrogen) atoms. The van der Waals surface area contributed by atoms with Gasteiger partial charge in [0.15, 0.2) is 5.82 Å². The number of nitrogens with two attached hydrogens (primary N) is 1. The lowest BCUT2D eigenvalue weighted by molar-refractivity contribution is 1.09. The van der Waals surface area contributed by atoms with Crippen LogP contribution in [-0.4, -0.2) is 15.0 Å². The standard InChI is InChI=1S/C14H12ClN5/c15-14-19-8-11(16)13(20-14)18-7-10-4-1-3-9-5-2-6-17-12(9)10/h1-6,8H,7,16H2,(H,18,19,20). The molecule has 0 atom stereocenters. The number of nitrogen functional groups attached to an aromatic ring is 1. The van der Waals surface area contributed by atoms with Gasteiger partial charge in [-0.1, -0.05) is 24.3 Å². The fourth-order valence-corrected chi connectivity index (χ4v) is 2.13. The van der Waals surface area contributed by atoms with Gasteiger partial charge in [-0.25, -0.2) is 4.98 Å². The maximum absolute atomic E-state index is 5.80. The summed E-state index contributed by atoms with van der Waals surface area (Å²) in [6, 6.07) is 9.99. The second kappa shape index (κ2) is 5.30. The van der Waals surface area contributed by atoms with E-state index in [1.807, 2.05) is 30.3 Å². The zero-order chi connectivity index (χ0) is 13.9. The van der Waals surface area contributed by atoms with Gasteiger partial charge in [0.1, 0.15) is 0 Å². The van der Waals surface area contributed by atoms with E-state index >= 15 is 0 Å². The normalized spacial score (nSPS) is 10.7. The van der Waals surface area contributed by atoms with Crippen molar-refractivity contribution in [2.45, 2.75) is 6.54 Å². The lowest BCUT2D eigenvalue weighted by Crippen LogP contribution is -2.06. The maximum atomic E-state index is 5.80. The predicted octanol–water partition coefficient (Wildman–Crippen LogP) is 2.87. The van der Waals surface area contributed by atoms with Crippen molar-refractivity contribution in [1.82, 2.24) is 15.0 Å². The minimum atomic E-state index is 0.165. The quantitative estimate of drug-likeness (QED) is 0.724. The molecule has 0 aliphatic rings. The van der Waals surface area contributed by atoms with Gasteiger partial charge in [0.2, 0.25) is 5.28 Å². The first-order valence-corrected chi connectivity index (χ1v) is 6.46. The van der Waals surface area contributed by atoms with Crippen molar-refractivity contribution in [2.75, 3.05) is 11.1 Å². The average molecular weight is 286 g/mol. The second-order valence-electron chi connectivity index (χ2n) is 4.29. The van der Waals surface area contributed by atoms with Crippen molar-refractivity contribution >= 4 is 34.0 Å².